The van der Waals surface area contributed by atoms with Gasteiger partial charge in [0.2, 0.25) is 5.91 Å². The van der Waals surface area contributed by atoms with E-state index in [9.17, 15) is 4.79 Å². The number of benzene rings is 1. The van der Waals surface area contributed by atoms with E-state index < -0.39 is 0 Å². The molecule has 0 radical (unpaired) electrons. The number of hydrogen-bond acceptors (Lipinski definition) is 4. The third kappa shape index (κ3) is 4.73. The summed E-state index contributed by atoms with van der Waals surface area (Å²) < 4.78 is 0. The molecule has 2 heterocycles. The molecule has 2 aliphatic rings. The van der Waals surface area contributed by atoms with Crippen LogP contribution in [-0.2, 0) is 4.79 Å². The summed E-state index contributed by atoms with van der Waals surface area (Å²) in [7, 11) is 2.18. The van der Waals surface area contributed by atoms with Gasteiger partial charge in [-0.15, -0.1) is 0 Å². The molecule has 5 heteroatoms. The van der Waals surface area contributed by atoms with Gasteiger partial charge in [-0.1, -0.05) is 0 Å². The average Bonchev–Trinajstić information content (AvgIpc) is 2.66. The molecule has 0 saturated carbocycles. The van der Waals surface area contributed by atoms with Crippen LogP contribution in [0.1, 0.15) is 31.2 Å². The summed E-state index contributed by atoms with van der Waals surface area (Å²) in [5, 5.41) is 8.88. The van der Waals surface area contributed by atoms with Crippen LogP contribution in [0.4, 0.5) is 5.69 Å². The first-order valence-electron chi connectivity index (χ1n) is 9.37. The van der Waals surface area contributed by atoms with Crippen LogP contribution in [-0.4, -0.2) is 62.0 Å². The molecular weight excluding hydrogens is 312 g/mol. The van der Waals surface area contributed by atoms with Crippen LogP contribution in [0.3, 0.4) is 0 Å². The summed E-state index contributed by atoms with van der Waals surface area (Å²) in [4.78, 5) is 19.2. The Hall–Kier alpha value is -2.06. The number of anilines is 1. The fraction of sp³-hybridized carbons (Fsp3) is 0.600. The van der Waals surface area contributed by atoms with E-state index in [1.165, 1.54) is 19.4 Å². The van der Waals surface area contributed by atoms with E-state index in [-0.39, 0.29) is 0 Å². The second kappa shape index (κ2) is 8.35. The summed E-state index contributed by atoms with van der Waals surface area (Å²) in [6, 6.07) is 9.85. The highest BCUT2D eigenvalue weighted by Gasteiger charge is 2.23. The first kappa shape index (κ1) is 17.8. The molecule has 0 spiro atoms. The molecule has 0 bridgehead atoms. The van der Waals surface area contributed by atoms with Gasteiger partial charge in [-0.3, -0.25) is 4.79 Å². The Morgan fingerprint density at radius 2 is 1.88 bits per heavy atom. The van der Waals surface area contributed by atoms with Crippen molar-refractivity contribution in [1.29, 1.82) is 5.26 Å². The molecule has 1 amide bonds. The van der Waals surface area contributed by atoms with Crippen molar-refractivity contribution in [3.63, 3.8) is 0 Å². The number of carbonyl (C=O) groups is 1. The van der Waals surface area contributed by atoms with Crippen LogP contribution >= 0.6 is 0 Å². The zero-order valence-corrected chi connectivity index (χ0v) is 15.2. The smallest absolute Gasteiger partial charge is 0.222 e. The quantitative estimate of drug-likeness (QED) is 0.844. The Balaban J connectivity index is 1.43. The van der Waals surface area contributed by atoms with Gasteiger partial charge in [-0.2, -0.15) is 5.26 Å². The number of piperidine rings is 1. The zero-order chi connectivity index (χ0) is 17.6. The Morgan fingerprint density at radius 3 is 2.52 bits per heavy atom. The first-order chi connectivity index (χ1) is 12.2. The predicted octanol–water partition coefficient (Wildman–Crippen LogP) is 2.33. The molecular formula is C20H28N4O. The van der Waals surface area contributed by atoms with E-state index in [0.717, 1.165) is 44.8 Å². The number of hydrogen-bond donors (Lipinski definition) is 0. The Bertz CT molecular complexity index is 614. The van der Waals surface area contributed by atoms with Gasteiger partial charge < -0.3 is 14.7 Å². The summed E-state index contributed by atoms with van der Waals surface area (Å²) in [5.74, 6) is 0.996. The minimum absolute atomic E-state index is 0.313. The van der Waals surface area contributed by atoms with Crippen LogP contribution in [0, 0.1) is 17.2 Å². The second-order valence-corrected chi connectivity index (χ2v) is 7.34. The lowest BCUT2D eigenvalue weighted by Gasteiger charge is -2.36. The van der Waals surface area contributed by atoms with Gasteiger partial charge in [0.05, 0.1) is 11.6 Å². The van der Waals surface area contributed by atoms with Gasteiger partial charge in [0.25, 0.3) is 0 Å². The van der Waals surface area contributed by atoms with Gasteiger partial charge in [-0.25, -0.2) is 0 Å². The molecule has 3 rings (SSSR count). The lowest BCUT2D eigenvalue weighted by molar-refractivity contribution is -0.131. The number of piperazine rings is 1. The van der Waals surface area contributed by atoms with Crippen LogP contribution in [0.2, 0.25) is 0 Å². The Kier molecular flexibility index (Phi) is 5.93. The fourth-order valence-electron chi connectivity index (χ4n) is 3.96. The highest BCUT2D eigenvalue weighted by Crippen LogP contribution is 2.21. The number of amides is 1. The van der Waals surface area contributed by atoms with Gasteiger partial charge in [0.1, 0.15) is 0 Å². The number of likely N-dealkylation sites (tertiary alicyclic amines) is 1. The zero-order valence-electron chi connectivity index (χ0n) is 15.2. The number of nitriles is 1. The molecule has 25 heavy (non-hydrogen) atoms. The summed E-state index contributed by atoms with van der Waals surface area (Å²) in [6.07, 6.45) is 4.25. The molecule has 1 aromatic rings. The van der Waals surface area contributed by atoms with Crippen molar-refractivity contribution in [2.75, 3.05) is 51.2 Å². The largest absolute Gasteiger partial charge is 0.368 e. The van der Waals surface area contributed by atoms with Crippen LogP contribution in [0.25, 0.3) is 0 Å². The first-order valence-corrected chi connectivity index (χ1v) is 9.37. The number of nitrogens with zero attached hydrogens (tertiary/aromatic N) is 4. The number of rotatable bonds is 4. The molecule has 0 unspecified atom stereocenters. The van der Waals surface area contributed by atoms with Crippen molar-refractivity contribution < 1.29 is 4.79 Å². The highest BCUT2D eigenvalue weighted by atomic mass is 16.2. The van der Waals surface area contributed by atoms with Gasteiger partial charge >= 0.3 is 0 Å². The minimum atomic E-state index is 0.313. The molecule has 0 aliphatic carbocycles. The number of carbonyl (C=O) groups excluding carboxylic acids is 1. The third-order valence-corrected chi connectivity index (χ3v) is 5.48. The van der Waals surface area contributed by atoms with E-state index in [1.54, 1.807) is 0 Å². The molecule has 2 fully saturated rings. The van der Waals surface area contributed by atoms with E-state index in [0.29, 0.717) is 23.8 Å². The second-order valence-electron chi connectivity index (χ2n) is 7.34. The van der Waals surface area contributed by atoms with E-state index in [1.807, 2.05) is 29.2 Å². The van der Waals surface area contributed by atoms with Crippen LogP contribution in [0.15, 0.2) is 24.3 Å². The van der Waals surface area contributed by atoms with Gasteiger partial charge in [0, 0.05) is 44.8 Å². The van der Waals surface area contributed by atoms with E-state index >= 15 is 0 Å². The lowest BCUT2D eigenvalue weighted by Crippen LogP contribution is -2.48. The molecule has 0 N–H and O–H groups in total. The normalized spacial score (nSPS) is 21.8. The van der Waals surface area contributed by atoms with E-state index in [2.05, 4.69) is 22.9 Å². The molecule has 0 aromatic heterocycles. The molecule has 134 valence electrons. The topological polar surface area (TPSA) is 50.6 Å². The van der Waals surface area contributed by atoms with Crippen molar-refractivity contribution in [1.82, 2.24) is 9.80 Å². The van der Waals surface area contributed by atoms with Crippen molar-refractivity contribution in [2.45, 2.75) is 25.7 Å². The van der Waals surface area contributed by atoms with Gasteiger partial charge in [-0.05, 0) is 63.0 Å². The maximum Gasteiger partial charge on any atom is 0.222 e. The highest BCUT2D eigenvalue weighted by molar-refractivity contribution is 5.76. The van der Waals surface area contributed by atoms with Crippen molar-refractivity contribution in [3.05, 3.63) is 29.8 Å². The Labute approximate surface area is 150 Å². The molecule has 1 atom stereocenters. The maximum absolute atomic E-state index is 12.5. The summed E-state index contributed by atoms with van der Waals surface area (Å²) in [6.45, 7) is 5.65. The molecule has 1 aromatic carbocycles. The van der Waals surface area contributed by atoms with Crippen LogP contribution < -0.4 is 4.90 Å². The van der Waals surface area contributed by atoms with Crippen molar-refractivity contribution in [2.24, 2.45) is 5.92 Å². The lowest BCUT2D eigenvalue weighted by atomic mass is 9.93. The van der Waals surface area contributed by atoms with Crippen molar-refractivity contribution in [3.8, 4) is 6.07 Å². The SMILES string of the molecule is CN1CCC[C@@H](CCC(=O)N2CCN(c3ccc(C#N)cc3)CC2)C1. The summed E-state index contributed by atoms with van der Waals surface area (Å²) >= 11 is 0. The molecule has 2 aliphatic heterocycles. The van der Waals surface area contributed by atoms with E-state index in [4.69, 9.17) is 5.26 Å². The van der Waals surface area contributed by atoms with Crippen LogP contribution in [0.5, 0.6) is 0 Å². The monoisotopic (exact) mass is 340 g/mol. The Morgan fingerprint density at radius 1 is 1.16 bits per heavy atom. The summed E-state index contributed by atoms with van der Waals surface area (Å²) in [5.41, 5.74) is 1.82. The molecule has 5 nitrogen and oxygen atoms in total. The van der Waals surface area contributed by atoms with Gasteiger partial charge in [0.15, 0.2) is 0 Å². The predicted molar refractivity (Wildman–Crippen MR) is 99.4 cm³/mol. The average molecular weight is 340 g/mol. The van der Waals surface area contributed by atoms with Crippen molar-refractivity contribution >= 4 is 11.6 Å². The fourth-order valence-corrected chi connectivity index (χ4v) is 3.96. The molecule has 2 saturated heterocycles. The maximum atomic E-state index is 12.5. The standard InChI is InChI=1S/C20H28N4O/c1-22-10-2-3-18(16-22)6-9-20(25)24-13-11-23(12-14-24)19-7-4-17(15-21)5-8-19/h4-5,7-8,18H,2-3,6,9-14,16H2,1H3/t18-/m0/s1. The minimum Gasteiger partial charge on any atom is -0.368 e. The third-order valence-electron chi connectivity index (χ3n) is 5.48.